The van der Waals surface area contributed by atoms with Crippen molar-refractivity contribution in [2.45, 2.75) is 25.3 Å². The zero-order chi connectivity index (χ0) is 24.4. The first kappa shape index (κ1) is 24.2. The van der Waals surface area contributed by atoms with Gasteiger partial charge in [0, 0.05) is 31.2 Å². The number of hydrogen-bond acceptors (Lipinski definition) is 6. The molecular formula is C26H29Cl2N5O2. The summed E-state index contributed by atoms with van der Waals surface area (Å²) in [4.78, 5) is 13.4. The second-order valence-corrected chi connectivity index (χ2v) is 9.78. The van der Waals surface area contributed by atoms with Gasteiger partial charge < -0.3 is 10.1 Å². The van der Waals surface area contributed by atoms with E-state index < -0.39 is 6.04 Å². The lowest BCUT2D eigenvalue weighted by Gasteiger charge is -2.29. The molecule has 1 atom stereocenters. The molecule has 1 amide bonds. The Morgan fingerprint density at radius 1 is 1.09 bits per heavy atom. The fourth-order valence-corrected chi connectivity index (χ4v) is 5.31. The maximum Gasteiger partial charge on any atom is 0.257 e. The molecule has 1 saturated heterocycles. The number of benzene rings is 2. The number of carbonyl (C=O) groups is 1. The van der Waals surface area contributed by atoms with Crippen LogP contribution in [0.15, 0.2) is 59.3 Å². The molecule has 3 aliphatic heterocycles. The van der Waals surface area contributed by atoms with Gasteiger partial charge in [-0.2, -0.15) is 0 Å². The number of anilines is 1. The number of carbonyl (C=O) groups excluding carboxylic acids is 1. The summed E-state index contributed by atoms with van der Waals surface area (Å²) >= 11 is 12.8. The van der Waals surface area contributed by atoms with E-state index in [0.717, 1.165) is 59.8 Å². The van der Waals surface area contributed by atoms with E-state index >= 15 is 0 Å². The van der Waals surface area contributed by atoms with E-state index in [-0.39, 0.29) is 5.91 Å². The van der Waals surface area contributed by atoms with E-state index in [9.17, 15) is 4.79 Å². The van der Waals surface area contributed by atoms with Gasteiger partial charge in [0.1, 0.15) is 11.8 Å². The maximum atomic E-state index is 13.4. The van der Waals surface area contributed by atoms with Crippen LogP contribution in [0.4, 0.5) is 5.69 Å². The molecule has 0 radical (unpaired) electrons. The third-order valence-electron chi connectivity index (χ3n) is 6.56. The van der Waals surface area contributed by atoms with Crippen LogP contribution in [0.1, 0.15) is 24.8 Å². The van der Waals surface area contributed by atoms with Crippen molar-refractivity contribution in [3.63, 3.8) is 0 Å². The van der Waals surface area contributed by atoms with Gasteiger partial charge in [-0.1, -0.05) is 41.8 Å². The van der Waals surface area contributed by atoms with E-state index in [2.05, 4.69) is 22.2 Å². The Morgan fingerprint density at radius 3 is 2.57 bits per heavy atom. The maximum absolute atomic E-state index is 13.4. The van der Waals surface area contributed by atoms with Crippen LogP contribution in [0.2, 0.25) is 10.0 Å². The monoisotopic (exact) mass is 513 g/mol. The van der Waals surface area contributed by atoms with Gasteiger partial charge in [-0.15, -0.1) is 0 Å². The van der Waals surface area contributed by atoms with E-state index in [1.807, 2.05) is 40.3 Å². The Morgan fingerprint density at radius 2 is 1.86 bits per heavy atom. The number of piperidine rings is 1. The lowest BCUT2D eigenvalue weighted by atomic mass is 9.96. The molecule has 9 heteroatoms. The summed E-state index contributed by atoms with van der Waals surface area (Å²) in [6.07, 6.45) is 5.52. The lowest BCUT2D eigenvalue weighted by molar-refractivity contribution is -0.127. The third-order valence-corrected chi connectivity index (χ3v) is 7.10. The fourth-order valence-electron chi connectivity index (χ4n) is 4.82. The molecule has 3 N–H and O–H groups in total. The van der Waals surface area contributed by atoms with Crippen molar-refractivity contribution in [2.24, 2.45) is 0 Å². The topological polar surface area (TPSA) is 68.9 Å². The van der Waals surface area contributed by atoms with Gasteiger partial charge in [0.2, 0.25) is 0 Å². The first-order chi connectivity index (χ1) is 17.0. The highest BCUT2D eigenvalue weighted by molar-refractivity contribution is 6.36. The minimum absolute atomic E-state index is 0.0699. The molecule has 7 nitrogen and oxygen atoms in total. The third kappa shape index (κ3) is 5.20. The van der Waals surface area contributed by atoms with E-state index in [1.165, 1.54) is 6.42 Å². The van der Waals surface area contributed by atoms with Gasteiger partial charge in [0.05, 0.1) is 23.5 Å². The molecular weight excluding hydrogens is 485 g/mol. The summed E-state index contributed by atoms with van der Waals surface area (Å²) in [7, 11) is 1.66. The Bertz CT molecular complexity index is 1160. The summed E-state index contributed by atoms with van der Waals surface area (Å²) < 4.78 is 5.29. The summed E-state index contributed by atoms with van der Waals surface area (Å²) in [5.74, 6) is 0.736. The normalized spacial score (nSPS) is 21.9. The van der Waals surface area contributed by atoms with Crippen molar-refractivity contribution in [1.82, 2.24) is 21.2 Å². The summed E-state index contributed by atoms with van der Waals surface area (Å²) in [5, 5.41) is 8.50. The van der Waals surface area contributed by atoms with Crippen LogP contribution >= 0.6 is 23.2 Å². The molecule has 0 bridgehead atoms. The first-order valence-electron chi connectivity index (χ1n) is 11.9. The molecule has 0 aromatic heterocycles. The molecule has 5 rings (SSSR count). The van der Waals surface area contributed by atoms with Gasteiger partial charge in [-0.3, -0.25) is 15.2 Å². The van der Waals surface area contributed by atoms with Crippen molar-refractivity contribution in [3.8, 4) is 5.75 Å². The van der Waals surface area contributed by atoms with Crippen molar-refractivity contribution in [2.75, 3.05) is 38.3 Å². The minimum atomic E-state index is -0.522. The average Bonchev–Trinajstić information content (AvgIpc) is 3.26. The molecule has 35 heavy (non-hydrogen) atoms. The quantitative estimate of drug-likeness (QED) is 0.557. The standard InChI is InChI=1S/C26H29Cl2N5O2/c1-35-20-8-5-17(6-9-20)13-18-15-29-16-21-24(26(34)31-32-11-3-2-4-12-32)30-33(25(18)21)23-10-7-19(27)14-22(23)28/h5-10,13-14,24,29-30H,2-4,11-12,15-16H2,1H3,(H,31,34)/b18-13+. The van der Waals surface area contributed by atoms with Gasteiger partial charge in [0.25, 0.3) is 5.91 Å². The predicted molar refractivity (Wildman–Crippen MR) is 140 cm³/mol. The van der Waals surface area contributed by atoms with E-state index in [4.69, 9.17) is 27.9 Å². The highest BCUT2D eigenvalue weighted by atomic mass is 35.5. The largest absolute Gasteiger partial charge is 0.497 e. The first-order valence-corrected chi connectivity index (χ1v) is 12.6. The van der Waals surface area contributed by atoms with Crippen LogP contribution in [0.5, 0.6) is 5.75 Å². The Labute approximate surface area is 215 Å². The molecule has 0 saturated carbocycles. The number of methoxy groups -OCH3 is 1. The molecule has 1 unspecified atom stereocenters. The van der Waals surface area contributed by atoms with Gasteiger partial charge in [0.15, 0.2) is 0 Å². The van der Waals surface area contributed by atoms with E-state index in [1.54, 1.807) is 19.2 Å². The van der Waals surface area contributed by atoms with Gasteiger partial charge in [-0.25, -0.2) is 10.4 Å². The van der Waals surface area contributed by atoms with Crippen molar-refractivity contribution >= 4 is 40.9 Å². The molecule has 0 aliphatic carbocycles. The number of ether oxygens (including phenoxy) is 1. The molecule has 2 aromatic rings. The number of rotatable bonds is 5. The molecule has 2 aromatic carbocycles. The van der Waals surface area contributed by atoms with Crippen molar-refractivity contribution < 1.29 is 9.53 Å². The number of nitrogens with one attached hydrogen (secondary N) is 3. The van der Waals surface area contributed by atoms with Crippen LogP contribution in [0.25, 0.3) is 6.08 Å². The summed E-state index contributed by atoms with van der Waals surface area (Å²) in [6, 6.07) is 12.8. The number of amides is 1. The minimum Gasteiger partial charge on any atom is -0.497 e. The molecule has 3 heterocycles. The summed E-state index contributed by atoms with van der Waals surface area (Å²) in [5.41, 5.74) is 11.3. The van der Waals surface area contributed by atoms with Crippen LogP contribution in [-0.2, 0) is 4.79 Å². The highest BCUT2D eigenvalue weighted by Gasteiger charge is 2.40. The second kappa shape index (κ2) is 10.6. The lowest BCUT2D eigenvalue weighted by Crippen LogP contribution is -2.54. The molecule has 184 valence electrons. The number of hydrazine groups is 2. The Kier molecular flexibility index (Phi) is 7.32. The van der Waals surface area contributed by atoms with Crippen LogP contribution in [0, 0.1) is 0 Å². The van der Waals surface area contributed by atoms with Gasteiger partial charge in [-0.05, 0) is 66.0 Å². The SMILES string of the molecule is COc1ccc(/C=C2\CNCC3=C2N(c2ccc(Cl)cc2Cl)NC3C(=O)NN2CCCCC2)cc1. The summed E-state index contributed by atoms with van der Waals surface area (Å²) in [6.45, 7) is 3.01. The van der Waals surface area contributed by atoms with Crippen LogP contribution < -0.4 is 25.9 Å². The van der Waals surface area contributed by atoms with E-state index in [0.29, 0.717) is 23.1 Å². The number of halogens is 2. The molecule has 1 fully saturated rings. The molecule has 0 spiro atoms. The predicted octanol–water partition coefficient (Wildman–Crippen LogP) is 4.15. The van der Waals surface area contributed by atoms with Crippen LogP contribution in [0.3, 0.4) is 0 Å². The molecule has 3 aliphatic rings. The zero-order valence-electron chi connectivity index (χ0n) is 19.6. The highest BCUT2D eigenvalue weighted by Crippen LogP contribution is 2.38. The number of hydrogen-bond donors (Lipinski definition) is 3. The Balaban J connectivity index is 1.52. The van der Waals surface area contributed by atoms with Crippen molar-refractivity contribution in [3.05, 3.63) is 74.9 Å². The van der Waals surface area contributed by atoms with Gasteiger partial charge >= 0.3 is 0 Å². The smallest absolute Gasteiger partial charge is 0.257 e. The van der Waals surface area contributed by atoms with Crippen LogP contribution in [-0.4, -0.2) is 50.2 Å². The average molecular weight is 514 g/mol. The zero-order valence-corrected chi connectivity index (χ0v) is 21.1. The fraction of sp³-hybridized carbons (Fsp3) is 0.346. The number of nitrogens with zero attached hydrogens (tertiary/aromatic N) is 2. The second-order valence-electron chi connectivity index (χ2n) is 8.94. The Hall–Kier alpha value is -2.55. The van der Waals surface area contributed by atoms with Crippen molar-refractivity contribution in [1.29, 1.82) is 0 Å².